The average molecular weight is 380 g/mol. The van der Waals surface area contributed by atoms with Crippen LogP contribution in [0.1, 0.15) is 13.8 Å². The molecule has 2 N–H and O–H groups in total. The van der Waals surface area contributed by atoms with Gasteiger partial charge in [-0.25, -0.2) is 9.59 Å². The van der Waals surface area contributed by atoms with Crippen LogP contribution in [0.3, 0.4) is 0 Å². The molecule has 0 spiro atoms. The van der Waals surface area contributed by atoms with E-state index in [1.807, 2.05) is 24.3 Å². The summed E-state index contributed by atoms with van der Waals surface area (Å²) in [5.74, 6) is -0.247. The van der Waals surface area contributed by atoms with Crippen LogP contribution in [-0.2, 0) is 9.59 Å². The van der Waals surface area contributed by atoms with Gasteiger partial charge < -0.3 is 20.1 Å². The van der Waals surface area contributed by atoms with E-state index in [2.05, 4.69) is 23.8 Å². The van der Waals surface area contributed by atoms with Gasteiger partial charge in [0.25, 0.3) is 0 Å². The Kier molecular flexibility index (Phi) is 6.60. The summed E-state index contributed by atoms with van der Waals surface area (Å²) in [6, 6.07) is 10.9. The van der Waals surface area contributed by atoms with Crippen molar-refractivity contribution in [3.8, 4) is 22.6 Å². The molecule has 0 aliphatic rings. The predicted octanol–water partition coefficient (Wildman–Crippen LogP) is 4.40. The molecule has 0 radical (unpaired) electrons. The third-order valence-corrected chi connectivity index (χ3v) is 3.94. The number of carbonyl (C=O) groups excluding carboxylic acids is 2. The summed E-state index contributed by atoms with van der Waals surface area (Å²) in [5, 5.41) is 5.98. The molecule has 0 bridgehead atoms. The SMILES string of the molecule is C=C(C)C(=O)Oc1cc(-c2ccc(NC)c(OC(=O)C(=C)C)c2)ccc1NC. The molecule has 6 heteroatoms. The number of benzene rings is 2. The van der Waals surface area contributed by atoms with Gasteiger partial charge in [0.2, 0.25) is 0 Å². The van der Waals surface area contributed by atoms with E-state index >= 15 is 0 Å². The first-order chi connectivity index (χ1) is 13.3. The molecule has 0 atom stereocenters. The summed E-state index contributed by atoms with van der Waals surface area (Å²) >= 11 is 0. The number of hydrogen-bond acceptors (Lipinski definition) is 6. The predicted molar refractivity (Wildman–Crippen MR) is 112 cm³/mol. The van der Waals surface area contributed by atoms with Gasteiger partial charge in [0.05, 0.1) is 11.4 Å². The zero-order valence-electron chi connectivity index (χ0n) is 16.5. The van der Waals surface area contributed by atoms with Crippen molar-refractivity contribution >= 4 is 23.3 Å². The van der Waals surface area contributed by atoms with Gasteiger partial charge in [0.1, 0.15) is 0 Å². The van der Waals surface area contributed by atoms with Crippen molar-refractivity contribution in [3.05, 3.63) is 60.7 Å². The van der Waals surface area contributed by atoms with E-state index in [-0.39, 0.29) is 0 Å². The quantitative estimate of drug-likeness (QED) is 0.421. The van der Waals surface area contributed by atoms with Crippen LogP contribution in [0.15, 0.2) is 60.7 Å². The average Bonchev–Trinajstić information content (AvgIpc) is 2.67. The second-order valence-corrected chi connectivity index (χ2v) is 6.26. The second kappa shape index (κ2) is 8.90. The van der Waals surface area contributed by atoms with E-state index in [1.54, 1.807) is 40.1 Å². The summed E-state index contributed by atoms with van der Waals surface area (Å²) in [5.41, 5.74) is 3.52. The molecule has 28 heavy (non-hydrogen) atoms. The number of nitrogens with one attached hydrogen (secondary N) is 2. The summed E-state index contributed by atoms with van der Waals surface area (Å²) in [6.07, 6.45) is 0. The number of anilines is 2. The number of carbonyl (C=O) groups is 2. The highest BCUT2D eigenvalue weighted by atomic mass is 16.5. The fraction of sp³-hybridized carbons (Fsp3) is 0.182. The molecule has 0 unspecified atom stereocenters. The first kappa shape index (κ1) is 20.8. The Bertz CT molecular complexity index is 870. The number of rotatable bonds is 7. The van der Waals surface area contributed by atoms with Gasteiger partial charge in [-0.2, -0.15) is 0 Å². The Morgan fingerprint density at radius 1 is 0.750 bits per heavy atom. The molecule has 0 heterocycles. The lowest BCUT2D eigenvalue weighted by atomic mass is 10.0. The third-order valence-electron chi connectivity index (χ3n) is 3.94. The van der Waals surface area contributed by atoms with Crippen molar-refractivity contribution in [2.45, 2.75) is 13.8 Å². The van der Waals surface area contributed by atoms with Crippen LogP contribution in [0, 0.1) is 0 Å². The minimum atomic E-state index is -0.504. The largest absolute Gasteiger partial charge is 0.421 e. The maximum atomic E-state index is 11.9. The van der Waals surface area contributed by atoms with Crippen molar-refractivity contribution in [3.63, 3.8) is 0 Å². The Labute approximate surface area is 164 Å². The lowest BCUT2D eigenvalue weighted by Gasteiger charge is -2.14. The Morgan fingerprint density at radius 3 is 1.39 bits per heavy atom. The number of hydrogen-bond donors (Lipinski definition) is 2. The Hall–Kier alpha value is -3.54. The zero-order valence-corrected chi connectivity index (χ0v) is 16.5. The smallest absolute Gasteiger partial charge is 0.338 e. The van der Waals surface area contributed by atoms with Gasteiger partial charge >= 0.3 is 11.9 Å². The molecule has 0 saturated heterocycles. The third kappa shape index (κ3) is 4.79. The molecule has 2 aromatic carbocycles. The van der Waals surface area contributed by atoms with Crippen molar-refractivity contribution in [2.75, 3.05) is 24.7 Å². The van der Waals surface area contributed by atoms with E-state index in [0.29, 0.717) is 34.0 Å². The lowest BCUT2D eigenvalue weighted by molar-refractivity contribution is -0.130. The summed E-state index contributed by atoms with van der Waals surface area (Å²) in [7, 11) is 3.48. The van der Waals surface area contributed by atoms with Gasteiger partial charge in [-0.15, -0.1) is 0 Å². The molecule has 2 aromatic rings. The van der Waals surface area contributed by atoms with Crippen molar-refractivity contribution in [1.82, 2.24) is 0 Å². The zero-order chi connectivity index (χ0) is 20.8. The molecule has 0 aliphatic carbocycles. The van der Waals surface area contributed by atoms with Crippen molar-refractivity contribution in [2.24, 2.45) is 0 Å². The van der Waals surface area contributed by atoms with Gasteiger partial charge in [0, 0.05) is 25.2 Å². The molecule has 146 valence electrons. The van der Waals surface area contributed by atoms with Gasteiger partial charge in [-0.3, -0.25) is 0 Å². The van der Waals surface area contributed by atoms with E-state index in [4.69, 9.17) is 9.47 Å². The molecular weight excluding hydrogens is 356 g/mol. The van der Waals surface area contributed by atoms with Crippen molar-refractivity contribution in [1.29, 1.82) is 0 Å². The van der Waals surface area contributed by atoms with Crippen LogP contribution in [0.4, 0.5) is 11.4 Å². The van der Waals surface area contributed by atoms with Crippen LogP contribution < -0.4 is 20.1 Å². The number of ether oxygens (including phenoxy) is 2. The van der Waals surface area contributed by atoms with E-state index in [1.165, 1.54) is 0 Å². The van der Waals surface area contributed by atoms with Crippen LogP contribution in [0.5, 0.6) is 11.5 Å². The minimum Gasteiger partial charge on any atom is -0.421 e. The van der Waals surface area contributed by atoms with Gasteiger partial charge in [0.15, 0.2) is 11.5 Å². The molecule has 0 amide bonds. The first-order valence-corrected chi connectivity index (χ1v) is 8.66. The second-order valence-electron chi connectivity index (χ2n) is 6.26. The van der Waals surface area contributed by atoms with Crippen LogP contribution in [0.25, 0.3) is 11.1 Å². The van der Waals surface area contributed by atoms with E-state index < -0.39 is 11.9 Å². The monoisotopic (exact) mass is 380 g/mol. The van der Waals surface area contributed by atoms with E-state index in [0.717, 1.165) is 11.1 Å². The fourth-order valence-electron chi connectivity index (χ4n) is 2.36. The minimum absolute atomic E-state index is 0.305. The maximum Gasteiger partial charge on any atom is 0.338 e. The highest BCUT2D eigenvalue weighted by Crippen LogP contribution is 2.35. The molecule has 0 aliphatic heterocycles. The van der Waals surface area contributed by atoms with Gasteiger partial charge in [-0.05, 0) is 49.2 Å². The van der Waals surface area contributed by atoms with Crippen LogP contribution in [0.2, 0.25) is 0 Å². The molecule has 0 aromatic heterocycles. The number of esters is 2. The molecule has 6 nitrogen and oxygen atoms in total. The van der Waals surface area contributed by atoms with Gasteiger partial charge in [-0.1, -0.05) is 25.3 Å². The lowest BCUT2D eigenvalue weighted by Crippen LogP contribution is -2.10. The Balaban J connectivity index is 2.46. The summed E-state index contributed by atoms with van der Waals surface area (Å²) in [6.45, 7) is 10.4. The molecular formula is C22H24N2O4. The molecule has 0 saturated carbocycles. The first-order valence-electron chi connectivity index (χ1n) is 8.66. The van der Waals surface area contributed by atoms with Crippen LogP contribution >= 0.6 is 0 Å². The summed E-state index contributed by atoms with van der Waals surface area (Å²) in [4.78, 5) is 23.9. The topological polar surface area (TPSA) is 76.7 Å². The Morgan fingerprint density at radius 2 is 1.11 bits per heavy atom. The highest BCUT2D eigenvalue weighted by Gasteiger charge is 2.14. The fourth-order valence-corrected chi connectivity index (χ4v) is 2.36. The summed E-state index contributed by atoms with van der Waals surface area (Å²) < 4.78 is 10.8. The van der Waals surface area contributed by atoms with Crippen LogP contribution in [-0.4, -0.2) is 26.0 Å². The highest BCUT2D eigenvalue weighted by molar-refractivity contribution is 5.91. The van der Waals surface area contributed by atoms with E-state index in [9.17, 15) is 9.59 Å². The standard InChI is InChI=1S/C22H24N2O4/c1-13(2)21(25)27-19-11-15(7-9-17(19)23-5)16-8-10-18(24-6)20(12-16)28-22(26)14(3)4/h7-12,23-24H,1,3H2,2,4-6H3. The van der Waals surface area contributed by atoms with Crippen molar-refractivity contribution < 1.29 is 19.1 Å². The maximum absolute atomic E-state index is 11.9. The molecule has 0 fully saturated rings. The molecule has 2 rings (SSSR count). The normalized spacial score (nSPS) is 10.0.